The van der Waals surface area contributed by atoms with Gasteiger partial charge in [0.05, 0.1) is 13.7 Å². The second-order valence-corrected chi connectivity index (χ2v) is 7.43. The van der Waals surface area contributed by atoms with E-state index in [0.717, 1.165) is 49.2 Å². The maximum absolute atomic E-state index is 5.92. The van der Waals surface area contributed by atoms with Crippen molar-refractivity contribution in [1.82, 2.24) is 15.5 Å². The first-order chi connectivity index (χ1) is 12.8. The van der Waals surface area contributed by atoms with Crippen LogP contribution in [0.3, 0.4) is 0 Å². The van der Waals surface area contributed by atoms with E-state index in [0.29, 0.717) is 13.2 Å². The van der Waals surface area contributed by atoms with Gasteiger partial charge in [0.25, 0.3) is 0 Å². The Labute approximate surface area is 188 Å². The second kappa shape index (κ2) is 13.9. The van der Waals surface area contributed by atoms with Crippen molar-refractivity contribution in [3.05, 3.63) is 23.8 Å². The first-order valence-corrected chi connectivity index (χ1v) is 9.91. The molecule has 0 aliphatic heterocycles. The lowest BCUT2D eigenvalue weighted by Gasteiger charge is -2.23. The average Bonchev–Trinajstić information content (AvgIpc) is 2.63. The molecule has 0 aliphatic rings. The lowest BCUT2D eigenvalue weighted by Crippen LogP contribution is -2.47. The Morgan fingerprint density at radius 3 is 2.32 bits per heavy atom. The van der Waals surface area contributed by atoms with Crippen LogP contribution in [-0.2, 0) is 6.54 Å². The minimum absolute atomic E-state index is 0. The number of aliphatic imine (C=N–C) groups is 1. The van der Waals surface area contributed by atoms with Crippen LogP contribution in [0.15, 0.2) is 23.2 Å². The van der Waals surface area contributed by atoms with E-state index < -0.39 is 0 Å². The zero-order valence-electron chi connectivity index (χ0n) is 18.6. The molecule has 0 radical (unpaired) electrons. The molecule has 1 rings (SSSR count). The first kappa shape index (κ1) is 26.8. The number of halogens is 1. The third-order valence-electron chi connectivity index (χ3n) is 4.04. The zero-order chi connectivity index (χ0) is 20.3. The van der Waals surface area contributed by atoms with Crippen LogP contribution in [0.25, 0.3) is 0 Å². The van der Waals surface area contributed by atoms with Crippen molar-refractivity contribution in [2.24, 2.45) is 4.99 Å². The quantitative estimate of drug-likeness (QED) is 0.287. The van der Waals surface area contributed by atoms with Crippen LogP contribution >= 0.6 is 24.0 Å². The van der Waals surface area contributed by atoms with Gasteiger partial charge in [-0.2, -0.15) is 0 Å². The molecule has 0 aliphatic carbocycles. The molecule has 0 saturated heterocycles. The van der Waals surface area contributed by atoms with Crippen LogP contribution in [-0.4, -0.2) is 56.3 Å². The van der Waals surface area contributed by atoms with Gasteiger partial charge in [-0.1, -0.05) is 19.9 Å². The molecule has 28 heavy (non-hydrogen) atoms. The molecule has 0 atom stereocenters. The molecule has 1 aromatic rings. The smallest absolute Gasteiger partial charge is 0.191 e. The van der Waals surface area contributed by atoms with Crippen molar-refractivity contribution < 1.29 is 9.47 Å². The third-order valence-corrected chi connectivity index (χ3v) is 4.04. The number of hydrogen-bond acceptors (Lipinski definition) is 4. The van der Waals surface area contributed by atoms with Gasteiger partial charge in [-0.25, -0.2) is 4.99 Å². The van der Waals surface area contributed by atoms with Crippen LogP contribution in [0.5, 0.6) is 11.5 Å². The van der Waals surface area contributed by atoms with Crippen molar-refractivity contribution in [1.29, 1.82) is 0 Å². The standard InChI is InChI=1S/C21H38N4O2.HI/c1-8-22-20(24-21(4,5)6)23-16-17-11-12-18(19(15-17)26-7)27-14-13-25(9-2)10-3;/h11-12,15H,8-10,13-14,16H2,1-7H3,(H2,22,23,24);1H. The summed E-state index contributed by atoms with van der Waals surface area (Å²) in [6, 6.07) is 6.01. The van der Waals surface area contributed by atoms with E-state index in [9.17, 15) is 0 Å². The van der Waals surface area contributed by atoms with Gasteiger partial charge in [-0.15, -0.1) is 24.0 Å². The zero-order valence-corrected chi connectivity index (χ0v) is 20.9. The Balaban J connectivity index is 0.00000729. The minimum Gasteiger partial charge on any atom is -0.493 e. The van der Waals surface area contributed by atoms with E-state index in [1.807, 2.05) is 18.2 Å². The SMILES string of the molecule is CCNC(=NCc1ccc(OCCN(CC)CC)c(OC)c1)NC(C)(C)C.I. The van der Waals surface area contributed by atoms with Gasteiger partial charge < -0.3 is 25.0 Å². The number of nitrogens with one attached hydrogen (secondary N) is 2. The summed E-state index contributed by atoms with van der Waals surface area (Å²) < 4.78 is 11.4. The van der Waals surface area contributed by atoms with E-state index in [2.05, 4.69) is 62.1 Å². The van der Waals surface area contributed by atoms with Gasteiger partial charge in [-0.3, -0.25) is 0 Å². The summed E-state index contributed by atoms with van der Waals surface area (Å²) in [5.41, 5.74) is 1.04. The lowest BCUT2D eigenvalue weighted by molar-refractivity contribution is 0.217. The molecule has 0 saturated carbocycles. The van der Waals surface area contributed by atoms with Crippen molar-refractivity contribution in [2.75, 3.05) is 39.9 Å². The van der Waals surface area contributed by atoms with Crippen LogP contribution in [0.4, 0.5) is 0 Å². The number of benzene rings is 1. The predicted molar refractivity (Wildman–Crippen MR) is 129 cm³/mol. The highest BCUT2D eigenvalue weighted by Crippen LogP contribution is 2.28. The van der Waals surface area contributed by atoms with Gasteiger partial charge in [-0.05, 0) is 58.5 Å². The van der Waals surface area contributed by atoms with Crippen LogP contribution in [0.2, 0.25) is 0 Å². The summed E-state index contributed by atoms with van der Waals surface area (Å²) in [4.78, 5) is 7.01. The molecular weight excluding hydrogens is 467 g/mol. The molecule has 6 nitrogen and oxygen atoms in total. The average molecular weight is 506 g/mol. The van der Waals surface area contributed by atoms with Gasteiger partial charge in [0, 0.05) is 18.6 Å². The maximum Gasteiger partial charge on any atom is 0.191 e. The molecule has 0 unspecified atom stereocenters. The summed E-state index contributed by atoms with van der Waals surface area (Å²) in [5.74, 6) is 2.33. The molecule has 7 heteroatoms. The lowest BCUT2D eigenvalue weighted by atomic mass is 10.1. The topological polar surface area (TPSA) is 58.1 Å². The minimum atomic E-state index is -0.0404. The maximum atomic E-state index is 5.92. The third kappa shape index (κ3) is 10.4. The summed E-state index contributed by atoms with van der Waals surface area (Å²) in [6.45, 7) is 17.8. The molecule has 0 spiro atoms. The fourth-order valence-corrected chi connectivity index (χ4v) is 2.59. The van der Waals surface area contributed by atoms with E-state index in [4.69, 9.17) is 9.47 Å². The Hall–Kier alpha value is -1.22. The molecular formula is C21H39IN4O2. The molecule has 0 fully saturated rings. The van der Waals surface area contributed by atoms with Crippen molar-refractivity contribution in [2.45, 2.75) is 53.6 Å². The molecule has 0 bridgehead atoms. The Morgan fingerprint density at radius 2 is 1.79 bits per heavy atom. The highest BCUT2D eigenvalue weighted by molar-refractivity contribution is 14.0. The molecule has 0 heterocycles. The normalized spacial score (nSPS) is 11.8. The van der Waals surface area contributed by atoms with Gasteiger partial charge in [0.2, 0.25) is 0 Å². The fraction of sp³-hybridized carbons (Fsp3) is 0.667. The van der Waals surface area contributed by atoms with E-state index in [1.165, 1.54) is 0 Å². The highest BCUT2D eigenvalue weighted by Gasteiger charge is 2.12. The number of ether oxygens (including phenoxy) is 2. The van der Waals surface area contributed by atoms with Crippen LogP contribution in [0.1, 0.15) is 47.1 Å². The van der Waals surface area contributed by atoms with E-state index >= 15 is 0 Å². The van der Waals surface area contributed by atoms with Crippen molar-refractivity contribution in [3.8, 4) is 11.5 Å². The summed E-state index contributed by atoms with van der Waals surface area (Å²) >= 11 is 0. The Bertz CT molecular complexity index is 584. The number of guanidine groups is 1. The molecule has 162 valence electrons. The number of hydrogen-bond donors (Lipinski definition) is 2. The molecule has 0 aromatic heterocycles. The van der Waals surface area contributed by atoms with Gasteiger partial charge in [0.15, 0.2) is 17.5 Å². The second-order valence-electron chi connectivity index (χ2n) is 7.43. The first-order valence-electron chi connectivity index (χ1n) is 9.91. The highest BCUT2D eigenvalue weighted by atomic mass is 127. The van der Waals surface area contributed by atoms with Gasteiger partial charge >= 0.3 is 0 Å². The molecule has 0 amide bonds. The number of nitrogens with zero attached hydrogens (tertiary/aromatic N) is 2. The van der Waals surface area contributed by atoms with Gasteiger partial charge in [0.1, 0.15) is 6.61 Å². The van der Waals surface area contributed by atoms with E-state index in [1.54, 1.807) is 7.11 Å². The Kier molecular flexibility index (Phi) is 13.3. The summed E-state index contributed by atoms with van der Waals surface area (Å²) in [6.07, 6.45) is 0. The number of methoxy groups -OCH3 is 1. The van der Waals surface area contributed by atoms with E-state index in [-0.39, 0.29) is 29.5 Å². The summed E-state index contributed by atoms with van der Waals surface area (Å²) in [5, 5.41) is 6.67. The fourth-order valence-electron chi connectivity index (χ4n) is 2.59. The number of likely N-dealkylation sites (N-methyl/N-ethyl adjacent to an activating group) is 1. The Morgan fingerprint density at radius 1 is 1.11 bits per heavy atom. The molecule has 2 N–H and O–H groups in total. The predicted octanol–water partition coefficient (Wildman–Crippen LogP) is 3.89. The van der Waals surface area contributed by atoms with Crippen molar-refractivity contribution in [3.63, 3.8) is 0 Å². The number of rotatable bonds is 10. The van der Waals surface area contributed by atoms with Crippen LogP contribution in [0, 0.1) is 0 Å². The molecule has 1 aromatic carbocycles. The summed E-state index contributed by atoms with van der Waals surface area (Å²) in [7, 11) is 1.67. The van der Waals surface area contributed by atoms with Crippen LogP contribution < -0.4 is 20.1 Å². The largest absolute Gasteiger partial charge is 0.493 e. The monoisotopic (exact) mass is 506 g/mol. The van der Waals surface area contributed by atoms with Crippen molar-refractivity contribution >= 4 is 29.9 Å².